The maximum absolute atomic E-state index is 13.0. The van der Waals surface area contributed by atoms with Gasteiger partial charge in [0.25, 0.3) is 0 Å². The maximum atomic E-state index is 13.0. The lowest BCUT2D eigenvalue weighted by Gasteiger charge is -2.26. The smallest absolute Gasteiger partial charge is 0.306 e. The van der Waals surface area contributed by atoms with Crippen molar-refractivity contribution in [1.82, 2.24) is 0 Å². The first kappa shape index (κ1) is 98.9. The van der Waals surface area contributed by atoms with E-state index in [1.54, 1.807) is 0 Å². The van der Waals surface area contributed by atoms with Gasteiger partial charge >= 0.3 is 11.9 Å². The van der Waals surface area contributed by atoms with E-state index >= 15 is 0 Å². The first-order valence-electron chi connectivity index (χ1n) is 44.0. The fourth-order valence-corrected chi connectivity index (χ4v) is 12.8. The lowest BCUT2D eigenvalue weighted by Crippen LogP contribution is -2.44. The standard InChI is InChI=1S/C94H167NO8/c1-6-8-10-12-14-16-18-20-22-24-26-28-30-32-34-36-38-40-42-44-45-46-47-49-50-52-54-56-58-60-62-64-66-68-70-72-74-76-78-80-82-84-91(96)101-88-90(89-102-94(93(98)99)100-87-86-95(3,4)5)103-92(97)85-83-81-79-77-75-73-71-69-67-65-63-61-59-57-55-53-51-48-43-41-39-37-35-33-31-29-27-25-23-21-19-17-15-13-11-9-7-2/h9,11,15,17,21,23-24,26-27,29,33,35,39,41,48,51,55,57,90,94H,6-8,10,12-14,16,18-20,22,25,28,30-32,34,36-38,40,42-47,49-50,52-54,56,58-89H2,1-5H3/b11-9-,17-15-,23-21-,26-24-,29-27-,35-33-,41-39-,51-48-,57-55-. The van der Waals surface area contributed by atoms with Crippen LogP contribution >= 0.6 is 0 Å². The van der Waals surface area contributed by atoms with Crippen molar-refractivity contribution < 1.29 is 42.9 Å². The van der Waals surface area contributed by atoms with Crippen molar-refractivity contribution in [3.05, 3.63) is 109 Å². The zero-order chi connectivity index (χ0) is 74.6. The van der Waals surface area contributed by atoms with E-state index in [4.69, 9.17) is 18.9 Å². The van der Waals surface area contributed by atoms with E-state index in [1.807, 2.05) is 21.1 Å². The predicted molar refractivity (Wildman–Crippen MR) is 444 cm³/mol. The summed E-state index contributed by atoms with van der Waals surface area (Å²) in [6.07, 6.45) is 115. The Morgan fingerprint density at radius 1 is 0.301 bits per heavy atom. The van der Waals surface area contributed by atoms with E-state index in [0.29, 0.717) is 23.9 Å². The lowest BCUT2D eigenvalue weighted by molar-refractivity contribution is -0.870. The molecular weight excluding hydrogens is 1270 g/mol. The molecule has 0 bridgehead atoms. The molecule has 0 aromatic heterocycles. The summed E-state index contributed by atoms with van der Waals surface area (Å²) in [5, 5.41) is 11.9. The van der Waals surface area contributed by atoms with Crippen LogP contribution in [0.3, 0.4) is 0 Å². The highest BCUT2D eigenvalue weighted by atomic mass is 16.7. The molecule has 0 aliphatic rings. The van der Waals surface area contributed by atoms with Crippen LogP contribution in [0.25, 0.3) is 0 Å². The number of likely N-dealkylation sites (N-methyl/N-ethyl adjacent to an activating group) is 1. The molecule has 2 atom stereocenters. The van der Waals surface area contributed by atoms with Crippen LogP contribution in [0, 0.1) is 0 Å². The summed E-state index contributed by atoms with van der Waals surface area (Å²) in [6, 6.07) is 0. The first-order chi connectivity index (χ1) is 50.6. The number of allylic oxidation sites excluding steroid dienone is 18. The summed E-state index contributed by atoms with van der Waals surface area (Å²) >= 11 is 0. The molecule has 0 aliphatic carbocycles. The number of carboxylic acid groups (broad SMARTS) is 1. The van der Waals surface area contributed by atoms with Gasteiger partial charge in [-0.25, -0.2) is 0 Å². The van der Waals surface area contributed by atoms with Crippen molar-refractivity contribution in [3.8, 4) is 0 Å². The number of carbonyl (C=O) groups is 3. The molecule has 2 unspecified atom stereocenters. The minimum absolute atomic E-state index is 0.145. The van der Waals surface area contributed by atoms with Crippen molar-refractivity contribution in [2.75, 3.05) is 47.5 Å². The Bertz CT molecular complexity index is 2070. The van der Waals surface area contributed by atoms with Gasteiger partial charge in [0.1, 0.15) is 13.2 Å². The number of hydrogen-bond donors (Lipinski definition) is 0. The Labute approximate surface area is 638 Å². The molecule has 0 aromatic rings. The van der Waals surface area contributed by atoms with Crippen LogP contribution in [0.1, 0.15) is 412 Å². The minimum Gasteiger partial charge on any atom is -0.545 e. The van der Waals surface area contributed by atoms with E-state index in [0.717, 1.165) is 89.9 Å². The number of nitrogens with zero attached hydrogens (tertiary/aromatic N) is 1. The van der Waals surface area contributed by atoms with E-state index < -0.39 is 24.3 Å². The van der Waals surface area contributed by atoms with Gasteiger partial charge in [-0.05, 0) is 103 Å². The Hall–Kier alpha value is -4.05. The average molecular weight is 1440 g/mol. The van der Waals surface area contributed by atoms with Crippen LogP contribution in [0.15, 0.2) is 109 Å². The number of esters is 2. The zero-order valence-electron chi connectivity index (χ0n) is 68.4. The topological polar surface area (TPSA) is 111 Å². The molecule has 0 saturated heterocycles. The molecule has 0 heterocycles. The highest BCUT2D eigenvalue weighted by Crippen LogP contribution is 2.20. The van der Waals surface area contributed by atoms with Crippen LogP contribution in [0.5, 0.6) is 0 Å². The third-order valence-electron chi connectivity index (χ3n) is 19.5. The number of ether oxygens (including phenoxy) is 4. The Kier molecular flexibility index (Phi) is 80.3. The molecule has 0 aromatic carbocycles. The second kappa shape index (κ2) is 83.6. The normalized spacial score (nSPS) is 13.1. The largest absolute Gasteiger partial charge is 0.545 e. The van der Waals surface area contributed by atoms with Crippen molar-refractivity contribution in [1.29, 1.82) is 0 Å². The van der Waals surface area contributed by atoms with Crippen molar-refractivity contribution in [3.63, 3.8) is 0 Å². The fourth-order valence-electron chi connectivity index (χ4n) is 12.8. The molecule has 103 heavy (non-hydrogen) atoms. The number of quaternary nitrogens is 1. The van der Waals surface area contributed by atoms with Gasteiger partial charge in [0.15, 0.2) is 12.4 Å². The maximum Gasteiger partial charge on any atom is 0.306 e. The molecule has 0 N–H and O–H groups in total. The predicted octanol–water partition coefficient (Wildman–Crippen LogP) is 27.5. The first-order valence-corrected chi connectivity index (χ1v) is 44.0. The third kappa shape index (κ3) is 85.1. The van der Waals surface area contributed by atoms with Gasteiger partial charge in [0.05, 0.1) is 40.3 Å². The molecule has 9 nitrogen and oxygen atoms in total. The average Bonchev–Trinajstić information content (AvgIpc) is 1.16. The Morgan fingerprint density at radius 3 is 0.835 bits per heavy atom. The number of rotatable bonds is 82. The van der Waals surface area contributed by atoms with Gasteiger partial charge in [0, 0.05) is 12.8 Å². The molecule has 0 rings (SSSR count). The van der Waals surface area contributed by atoms with E-state index in [1.165, 1.54) is 289 Å². The van der Waals surface area contributed by atoms with Crippen LogP contribution in [0.4, 0.5) is 0 Å². The fraction of sp³-hybridized carbons (Fsp3) is 0.777. The van der Waals surface area contributed by atoms with Gasteiger partial charge in [-0.2, -0.15) is 0 Å². The van der Waals surface area contributed by atoms with Crippen LogP contribution in [-0.4, -0.2) is 82.3 Å². The van der Waals surface area contributed by atoms with Gasteiger partial charge in [-0.15, -0.1) is 0 Å². The van der Waals surface area contributed by atoms with E-state index in [2.05, 4.69) is 123 Å². The zero-order valence-corrected chi connectivity index (χ0v) is 68.4. The van der Waals surface area contributed by atoms with Crippen LogP contribution in [-0.2, 0) is 33.3 Å². The second-order valence-electron chi connectivity index (χ2n) is 30.8. The molecule has 596 valence electrons. The minimum atomic E-state index is -1.63. The van der Waals surface area contributed by atoms with Crippen LogP contribution < -0.4 is 5.11 Å². The number of aliphatic carboxylic acids is 1. The number of carbonyl (C=O) groups excluding carboxylic acids is 3. The Balaban J connectivity index is 3.96. The van der Waals surface area contributed by atoms with Crippen molar-refractivity contribution >= 4 is 17.9 Å². The summed E-state index contributed by atoms with van der Waals surface area (Å²) in [4.78, 5) is 37.7. The molecule has 0 radical (unpaired) electrons. The van der Waals surface area contributed by atoms with Gasteiger partial charge < -0.3 is 33.3 Å². The molecule has 0 spiro atoms. The quantitative estimate of drug-likeness (QED) is 0.0195. The van der Waals surface area contributed by atoms with E-state index in [-0.39, 0.29) is 32.2 Å². The monoisotopic (exact) mass is 1440 g/mol. The van der Waals surface area contributed by atoms with Crippen molar-refractivity contribution in [2.24, 2.45) is 0 Å². The summed E-state index contributed by atoms with van der Waals surface area (Å²) in [7, 11) is 5.95. The van der Waals surface area contributed by atoms with Crippen molar-refractivity contribution in [2.45, 2.75) is 424 Å². The van der Waals surface area contributed by atoms with Gasteiger partial charge in [-0.1, -0.05) is 406 Å². The van der Waals surface area contributed by atoms with E-state index in [9.17, 15) is 19.5 Å². The second-order valence-corrected chi connectivity index (χ2v) is 30.8. The number of carboxylic acids is 1. The SMILES string of the molecule is CC/C=C\C/C=C\C/C=C\C/C=C\C/C=C\C/C=C\C/C=C\C/C=C\CCCCCCCCCCCCCCC(=O)OC(COC(=O)CCCCCCCCCCCCCCCCCCCCCCCCCCCCCCC/C=C\CCCCCCCCCC)COC(OCC[N+](C)(C)C)C(=O)[O-]. The molecular formula is C94H167NO8. The molecule has 0 aliphatic heterocycles. The third-order valence-corrected chi connectivity index (χ3v) is 19.5. The highest BCUT2D eigenvalue weighted by molar-refractivity contribution is 5.70. The summed E-state index contributed by atoms with van der Waals surface area (Å²) in [5.41, 5.74) is 0. The number of hydrogen-bond acceptors (Lipinski definition) is 8. The summed E-state index contributed by atoms with van der Waals surface area (Å²) in [6.45, 7) is 4.68. The summed E-state index contributed by atoms with van der Waals surface area (Å²) < 4.78 is 22.9. The molecule has 0 amide bonds. The lowest BCUT2D eigenvalue weighted by atomic mass is 10.0. The Morgan fingerprint density at radius 2 is 0.553 bits per heavy atom. The summed E-state index contributed by atoms with van der Waals surface area (Å²) in [5.74, 6) is -2.27. The number of unbranched alkanes of at least 4 members (excludes halogenated alkanes) is 49. The van der Waals surface area contributed by atoms with Gasteiger partial charge in [0.2, 0.25) is 0 Å². The highest BCUT2D eigenvalue weighted by Gasteiger charge is 2.22. The van der Waals surface area contributed by atoms with Crippen LogP contribution in [0.2, 0.25) is 0 Å². The molecule has 0 saturated carbocycles. The van der Waals surface area contributed by atoms with Gasteiger partial charge in [-0.3, -0.25) is 9.59 Å². The molecule has 0 fully saturated rings. The molecule has 9 heteroatoms.